The van der Waals surface area contributed by atoms with E-state index in [1.54, 1.807) is 13.8 Å². The van der Waals surface area contributed by atoms with Crippen molar-refractivity contribution < 1.29 is 5.11 Å². The smallest absolute Gasteiger partial charge is 0.0989 e. The molecule has 2 rings (SSSR count). The third-order valence-corrected chi connectivity index (χ3v) is 3.26. The zero-order valence-electron chi connectivity index (χ0n) is 10.7. The summed E-state index contributed by atoms with van der Waals surface area (Å²) in [7, 11) is 0. The van der Waals surface area contributed by atoms with Crippen molar-refractivity contribution in [2.75, 3.05) is 0 Å². The maximum absolute atomic E-state index is 10.2. The summed E-state index contributed by atoms with van der Waals surface area (Å²) in [6, 6.07) is 8.12. The highest BCUT2D eigenvalue weighted by atomic mass is 35.5. The Bertz CT molecular complexity index is 549. The number of aromatic nitrogens is 1. The molecule has 17 heavy (non-hydrogen) atoms. The molecule has 0 fully saturated rings. The molecule has 3 heteroatoms. The van der Waals surface area contributed by atoms with Crippen molar-refractivity contribution in [2.24, 2.45) is 0 Å². The summed E-state index contributed by atoms with van der Waals surface area (Å²) >= 11 is 6.27. The Hall–Kier alpha value is -0.990. The lowest BCUT2D eigenvalue weighted by atomic mass is 10.1. The van der Waals surface area contributed by atoms with Crippen LogP contribution in [0.4, 0.5) is 0 Å². The van der Waals surface area contributed by atoms with Gasteiger partial charge in [-0.3, -0.25) is 0 Å². The Morgan fingerprint density at radius 1 is 1.29 bits per heavy atom. The molecule has 1 heterocycles. The number of aliphatic hydroxyl groups is 1. The van der Waals surface area contributed by atoms with Gasteiger partial charge in [-0.25, -0.2) is 0 Å². The molecule has 0 aliphatic heterocycles. The van der Waals surface area contributed by atoms with Gasteiger partial charge in [-0.2, -0.15) is 0 Å². The van der Waals surface area contributed by atoms with Gasteiger partial charge in [-0.15, -0.1) is 0 Å². The molecule has 0 aliphatic carbocycles. The van der Waals surface area contributed by atoms with Crippen LogP contribution in [0.3, 0.4) is 0 Å². The molecule has 1 aromatic heterocycles. The molecule has 2 nitrogen and oxygen atoms in total. The fourth-order valence-electron chi connectivity index (χ4n) is 2.25. The quantitative estimate of drug-likeness (QED) is 0.854. The van der Waals surface area contributed by atoms with Crippen molar-refractivity contribution >= 4 is 22.5 Å². The van der Waals surface area contributed by atoms with Gasteiger partial charge in [0.15, 0.2) is 0 Å². The van der Waals surface area contributed by atoms with E-state index >= 15 is 0 Å². The molecule has 1 N–H and O–H groups in total. The predicted molar refractivity (Wildman–Crippen MR) is 72.6 cm³/mol. The second-order valence-corrected chi connectivity index (χ2v) is 5.64. The summed E-state index contributed by atoms with van der Waals surface area (Å²) in [5.41, 5.74) is 1.03. The lowest BCUT2D eigenvalue weighted by Gasteiger charge is -2.23. The zero-order chi connectivity index (χ0) is 12.8. The SMILES string of the molecule is CC(C)n1c(C(C)(C)O)cc2cccc(Cl)c21. The Morgan fingerprint density at radius 2 is 1.94 bits per heavy atom. The largest absolute Gasteiger partial charge is 0.384 e. The van der Waals surface area contributed by atoms with Gasteiger partial charge in [-0.05, 0) is 39.8 Å². The monoisotopic (exact) mass is 251 g/mol. The van der Waals surface area contributed by atoms with Crippen molar-refractivity contribution in [1.29, 1.82) is 0 Å². The Kier molecular flexibility index (Phi) is 2.96. The number of benzene rings is 1. The molecular weight excluding hydrogens is 234 g/mol. The summed E-state index contributed by atoms with van der Waals surface area (Å²) in [6.07, 6.45) is 0. The van der Waals surface area contributed by atoms with Gasteiger partial charge in [-0.1, -0.05) is 23.7 Å². The molecule has 0 amide bonds. The molecule has 0 aliphatic rings. The maximum Gasteiger partial charge on any atom is 0.0989 e. The molecule has 0 spiro atoms. The molecule has 2 aromatic rings. The second kappa shape index (κ2) is 4.04. The number of hydrogen-bond donors (Lipinski definition) is 1. The Morgan fingerprint density at radius 3 is 2.47 bits per heavy atom. The average molecular weight is 252 g/mol. The van der Waals surface area contributed by atoms with Crippen LogP contribution in [0.1, 0.15) is 39.4 Å². The molecule has 92 valence electrons. The summed E-state index contributed by atoms with van der Waals surface area (Å²) in [5.74, 6) is 0. The minimum absolute atomic E-state index is 0.258. The minimum Gasteiger partial charge on any atom is -0.384 e. The third kappa shape index (κ3) is 2.07. The first-order valence-electron chi connectivity index (χ1n) is 5.84. The van der Waals surface area contributed by atoms with E-state index in [4.69, 9.17) is 11.6 Å². The lowest BCUT2D eigenvalue weighted by Crippen LogP contribution is -2.21. The van der Waals surface area contributed by atoms with E-state index < -0.39 is 5.60 Å². The molecular formula is C14H18ClNO. The first-order valence-corrected chi connectivity index (χ1v) is 6.22. The van der Waals surface area contributed by atoms with Gasteiger partial charge in [0.25, 0.3) is 0 Å². The van der Waals surface area contributed by atoms with E-state index in [-0.39, 0.29) is 6.04 Å². The average Bonchev–Trinajstić information content (AvgIpc) is 2.57. The number of hydrogen-bond acceptors (Lipinski definition) is 1. The summed E-state index contributed by atoms with van der Waals surface area (Å²) in [5, 5.41) is 12.0. The predicted octanol–water partition coefficient (Wildman–Crippen LogP) is 4.10. The van der Waals surface area contributed by atoms with Crippen LogP contribution in [0.15, 0.2) is 24.3 Å². The van der Waals surface area contributed by atoms with Gasteiger partial charge in [0.2, 0.25) is 0 Å². The lowest BCUT2D eigenvalue weighted by molar-refractivity contribution is 0.0691. The Balaban J connectivity index is 2.86. The standard InChI is InChI=1S/C14H18ClNO/c1-9(2)16-12(14(3,4)17)8-10-6-5-7-11(15)13(10)16/h5-9,17H,1-4H3. The highest BCUT2D eigenvalue weighted by Crippen LogP contribution is 2.34. The van der Waals surface area contributed by atoms with E-state index in [1.165, 1.54) is 0 Å². The minimum atomic E-state index is -0.868. The van der Waals surface area contributed by atoms with Crippen molar-refractivity contribution in [3.63, 3.8) is 0 Å². The fraction of sp³-hybridized carbons (Fsp3) is 0.429. The number of halogens is 1. The zero-order valence-corrected chi connectivity index (χ0v) is 11.4. The van der Waals surface area contributed by atoms with Gasteiger partial charge >= 0.3 is 0 Å². The summed E-state index contributed by atoms with van der Waals surface area (Å²) in [4.78, 5) is 0. The molecule has 0 saturated heterocycles. The molecule has 1 aromatic carbocycles. The summed E-state index contributed by atoms with van der Waals surface area (Å²) < 4.78 is 2.11. The highest BCUT2D eigenvalue weighted by Gasteiger charge is 2.24. The van der Waals surface area contributed by atoms with Gasteiger partial charge in [0.1, 0.15) is 0 Å². The first kappa shape index (κ1) is 12.5. The number of nitrogens with zero attached hydrogens (tertiary/aromatic N) is 1. The second-order valence-electron chi connectivity index (χ2n) is 5.23. The van der Waals surface area contributed by atoms with E-state index in [0.717, 1.165) is 21.6 Å². The maximum atomic E-state index is 10.2. The van der Waals surface area contributed by atoms with Gasteiger partial charge in [0, 0.05) is 11.4 Å². The van der Waals surface area contributed by atoms with E-state index in [2.05, 4.69) is 18.4 Å². The van der Waals surface area contributed by atoms with Crippen LogP contribution in [0, 0.1) is 0 Å². The van der Waals surface area contributed by atoms with Crippen molar-refractivity contribution in [3.8, 4) is 0 Å². The van der Waals surface area contributed by atoms with Crippen molar-refractivity contribution in [2.45, 2.75) is 39.3 Å². The molecule has 0 radical (unpaired) electrons. The van der Waals surface area contributed by atoms with Crippen LogP contribution in [0.5, 0.6) is 0 Å². The van der Waals surface area contributed by atoms with Crippen molar-refractivity contribution in [1.82, 2.24) is 4.57 Å². The highest BCUT2D eigenvalue weighted by molar-refractivity contribution is 6.35. The van der Waals surface area contributed by atoms with E-state index in [1.807, 2.05) is 24.3 Å². The first-order chi connectivity index (χ1) is 7.82. The number of para-hydroxylation sites is 1. The number of rotatable bonds is 2. The van der Waals surface area contributed by atoms with Gasteiger partial charge < -0.3 is 9.67 Å². The van der Waals surface area contributed by atoms with E-state index in [0.29, 0.717) is 0 Å². The van der Waals surface area contributed by atoms with Crippen LogP contribution >= 0.6 is 11.6 Å². The normalized spacial score (nSPS) is 12.6. The number of fused-ring (bicyclic) bond motifs is 1. The summed E-state index contributed by atoms with van der Waals surface area (Å²) in [6.45, 7) is 7.79. The van der Waals surface area contributed by atoms with Crippen LogP contribution in [-0.4, -0.2) is 9.67 Å². The molecule has 0 unspecified atom stereocenters. The molecule has 0 saturated carbocycles. The third-order valence-electron chi connectivity index (χ3n) is 2.95. The van der Waals surface area contributed by atoms with Crippen LogP contribution in [0.25, 0.3) is 10.9 Å². The van der Waals surface area contributed by atoms with Crippen LogP contribution < -0.4 is 0 Å². The molecule has 0 atom stereocenters. The fourth-order valence-corrected chi connectivity index (χ4v) is 2.52. The van der Waals surface area contributed by atoms with Crippen LogP contribution in [0.2, 0.25) is 5.02 Å². The van der Waals surface area contributed by atoms with Crippen LogP contribution in [-0.2, 0) is 5.60 Å². The van der Waals surface area contributed by atoms with Crippen molar-refractivity contribution in [3.05, 3.63) is 35.0 Å². The Labute approximate surface area is 107 Å². The topological polar surface area (TPSA) is 25.2 Å². The van der Waals surface area contributed by atoms with Gasteiger partial charge in [0.05, 0.1) is 21.8 Å². The molecule has 0 bridgehead atoms. The van der Waals surface area contributed by atoms with E-state index in [9.17, 15) is 5.11 Å².